The van der Waals surface area contributed by atoms with Crippen LogP contribution in [0.1, 0.15) is 40.7 Å². The van der Waals surface area contributed by atoms with Gasteiger partial charge in [0.1, 0.15) is 5.82 Å². The summed E-state index contributed by atoms with van der Waals surface area (Å²) in [7, 11) is 1.67. The van der Waals surface area contributed by atoms with Crippen LogP contribution in [0.2, 0.25) is 0 Å². The van der Waals surface area contributed by atoms with Gasteiger partial charge in [-0.25, -0.2) is 4.98 Å². The molecule has 218 valence electrons. The molecule has 0 saturated carbocycles. The van der Waals surface area contributed by atoms with E-state index in [2.05, 4.69) is 15.6 Å². The number of nitrogens with one attached hydrogen (secondary N) is 2. The maximum atomic E-state index is 13.5. The first kappa shape index (κ1) is 28.8. The summed E-state index contributed by atoms with van der Waals surface area (Å²) in [4.78, 5) is 44.4. The molecular formula is C31H30F3N5O3. The standard InChI is InChI=1S/C31H30F3N5O3/c1-19-9-10-23(37-29(41)20-6-3-7-22(14-20)31(32,33)34)16-24(19)25-15-21-18-36-27(17-26(21)38(2)30(25)42)35-11-5-13-39-12-4-8-28(39)40/h3,6-7,9-10,14-18H,4-5,8,11-13H2,1-2H3,(H,35,36)(H,37,41). The second-order valence-electron chi connectivity index (χ2n) is 10.4. The van der Waals surface area contributed by atoms with Crippen molar-refractivity contribution in [2.24, 2.45) is 7.05 Å². The smallest absolute Gasteiger partial charge is 0.370 e. The van der Waals surface area contributed by atoms with Crippen molar-refractivity contribution < 1.29 is 22.8 Å². The fourth-order valence-electron chi connectivity index (χ4n) is 5.11. The van der Waals surface area contributed by atoms with E-state index in [-0.39, 0.29) is 17.0 Å². The van der Waals surface area contributed by atoms with Crippen molar-refractivity contribution >= 4 is 34.2 Å². The number of rotatable bonds is 8. The molecule has 11 heteroatoms. The van der Waals surface area contributed by atoms with Crippen LogP contribution in [-0.4, -0.2) is 45.9 Å². The summed E-state index contributed by atoms with van der Waals surface area (Å²) >= 11 is 0. The van der Waals surface area contributed by atoms with E-state index in [1.165, 1.54) is 16.7 Å². The van der Waals surface area contributed by atoms with Crippen LogP contribution in [0, 0.1) is 6.92 Å². The molecule has 8 nitrogen and oxygen atoms in total. The Morgan fingerprint density at radius 3 is 2.60 bits per heavy atom. The zero-order chi connectivity index (χ0) is 30.0. The lowest BCUT2D eigenvalue weighted by molar-refractivity contribution is -0.137. The fourth-order valence-corrected chi connectivity index (χ4v) is 5.11. The third-order valence-electron chi connectivity index (χ3n) is 7.43. The summed E-state index contributed by atoms with van der Waals surface area (Å²) in [5.74, 6) is 0.121. The van der Waals surface area contributed by atoms with Gasteiger partial charge in [-0.15, -0.1) is 0 Å². The van der Waals surface area contributed by atoms with E-state index < -0.39 is 17.6 Å². The van der Waals surface area contributed by atoms with E-state index in [0.717, 1.165) is 42.5 Å². The molecule has 2 N–H and O–H groups in total. The highest BCUT2D eigenvalue weighted by Crippen LogP contribution is 2.30. The van der Waals surface area contributed by atoms with Gasteiger partial charge >= 0.3 is 6.18 Å². The van der Waals surface area contributed by atoms with Gasteiger partial charge < -0.3 is 20.1 Å². The summed E-state index contributed by atoms with van der Waals surface area (Å²) in [6, 6.07) is 12.8. The van der Waals surface area contributed by atoms with Crippen molar-refractivity contribution in [3.05, 3.63) is 87.8 Å². The predicted octanol–water partition coefficient (Wildman–Crippen LogP) is 5.60. The molecule has 1 aliphatic heterocycles. The molecule has 5 rings (SSSR count). The first-order chi connectivity index (χ1) is 20.0. The van der Waals surface area contributed by atoms with Gasteiger partial charge in [0.15, 0.2) is 0 Å². The van der Waals surface area contributed by atoms with E-state index in [1.807, 2.05) is 11.8 Å². The Morgan fingerprint density at radius 1 is 1.05 bits per heavy atom. The topological polar surface area (TPSA) is 96.3 Å². The number of halogens is 3. The monoisotopic (exact) mass is 577 g/mol. The summed E-state index contributed by atoms with van der Waals surface area (Å²) in [5, 5.41) is 6.64. The Labute approximate surface area is 240 Å². The van der Waals surface area contributed by atoms with E-state index >= 15 is 0 Å². The first-order valence-corrected chi connectivity index (χ1v) is 13.6. The quantitative estimate of drug-likeness (QED) is 0.266. The van der Waals surface area contributed by atoms with Crippen LogP contribution in [0.15, 0.2) is 65.6 Å². The predicted molar refractivity (Wildman–Crippen MR) is 155 cm³/mol. The number of hydrogen-bond acceptors (Lipinski definition) is 5. The minimum absolute atomic E-state index is 0.131. The molecule has 0 bridgehead atoms. The number of anilines is 2. The van der Waals surface area contributed by atoms with E-state index in [9.17, 15) is 27.6 Å². The normalized spacial score (nSPS) is 13.5. The average molecular weight is 578 g/mol. The SMILES string of the molecule is Cc1ccc(NC(=O)c2cccc(C(F)(F)F)c2)cc1-c1cc2cnc(NCCCN3CCCC3=O)cc2n(C)c1=O. The highest BCUT2D eigenvalue weighted by Gasteiger charge is 2.31. The number of amides is 2. The molecule has 2 aromatic carbocycles. The van der Waals surface area contributed by atoms with Crippen LogP contribution < -0.4 is 16.2 Å². The third-order valence-corrected chi connectivity index (χ3v) is 7.43. The zero-order valence-corrected chi connectivity index (χ0v) is 23.2. The van der Waals surface area contributed by atoms with E-state index in [1.54, 1.807) is 43.6 Å². The third kappa shape index (κ3) is 6.14. The number of carbonyl (C=O) groups excluding carboxylic acids is 2. The number of nitrogens with zero attached hydrogens (tertiary/aromatic N) is 3. The fraction of sp³-hybridized carbons (Fsp3) is 0.290. The number of likely N-dealkylation sites (tertiary alicyclic amines) is 1. The van der Waals surface area contributed by atoms with Gasteiger partial charge in [-0.05, 0) is 67.3 Å². The van der Waals surface area contributed by atoms with Crippen molar-refractivity contribution in [1.82, 2.24) is 14.5 Å². The summed E-state index contributed by atoms with van der Waals surface area (Å²) in [6.45, 7) is 3.97. The highest BCUT2D eigenvalue weighted by molar-refractivity contribution is 6.04. The van der Waals surface area contributed by atoms with Gasteiger partial charge in [-0.3, -0.25) is 14.4 Å². The Bertz CT molecular complexity index is 1730. The minimum Gasteiger partial charge on any atom is -0.370 e. The molecule has 0 radical (unpaired) electrons. The molecule has 3 heterocycles. The number of aryl methyl sites for hydroxylation is 2. The van der Waals surface area contributed by atoms with E-state index in [0.29, 0.717) is 47.7 Å². The van der Waals surface area contributed by atoms with Crippen LogP contribution in [-0.2, 0) is 18.0 Å². The lowest BCUT2D eigenvalue weighted by atomic mass is 9.99. The zero-order valence-electron chi connectivity index (χ0n) is 23.2. The summed E-state index contributed by atoms with van der Waals surface area (Å²) < 4.78 is 40.8. The van der Waals surface area contributed by atoms with Crippen LogP contribution in [0.4, 0.5) is 24.7 Å². The van der Waals surface area contributed by atoms with Crippen LogP contribution in [0.5, 0.6) is 0 Å². The molecule has 1 fully saturated rings. The van der Waals surface area contributed by atoms with Crippen molar-refractivity contribution in [1.29, 1.82) is 0 Å². The number of hydrogen-bond donors (Lipinski definition) is 2. The second kappa shape index (κ2) is 11.7. The molecule has 42 heavy (non-hydrogen) atoms. The lowest BCUT2D eigenvalue weighted by Gasteiger charge is -2.16. The van der Waals surface area contributed by atoms with Gasteiger partial charge in [0.2, 0.25) is 5.91 Å². The molecule has 1 saturated heterocycles. The van der Waals surface area contributed by atoms with Crippen molar-refractivity contribution in [2.75, 3.05) is 30.3 Å². The lowest BCUT2D eigenvalue weighted by Crippen LogP contribution is -2.27. The molecule has 0 aliphatic carbocycles. The number of benzene rings is 2. The number of aromatic nitrogens is 2. The Hall–Kier alpha value is -4.67. The van der Waals surface area contributed by atoms with Crippen LogP contribution >= 0.6 is 0 Å². The van der Waals surface area contributed by atoms with Gasteiger partial charge in [-0.2, -0.15) is 13.2 Å². The van der Waals surface area contributed by atoms with Gasteiger partial charge in [-0.1, -0.05) is 12.1 Å². The second-order valence-corrected chi connectivity index (χ2v) is 10.4. The van der Waals surface area contributed by atoms with Crippen LogP contribution in [0.25, 0.3) is 22.0 Å². The van der Waals surface area contributed by atoms with Crippen molar-refractivity contribution in [3.63, 3.8) is 0 Å². The number of fused-ring (bicyclic) bond motifs is 1. The molecule has 0 unspecified atom stereocenters. The van der Waals surface area contributed by atoms with Gasteiger partial charge in [0.25, 0.3) is 11.5 Å². The van der Waals surface area contributed by atoms with Crippen molar-refractivity contribution in [2.45, 2.75) is 32.4 Å². The molecule has 4 aromatic rings. The molecule has 0 spiro atoms. The maximum absolute atomic E-state index is 13.5. The van der Waals surface area contributed by atoms with Crippen molar-refractivity contribution in [3.8, 4) is 11.1 Å². The number of carbonyl (C=O) groups is 2. The minimum atomic E-state index is -4.57. The molecule has 2 aromatic heterocycles. The summed E-state index contributed by atoms with van der Waals surface area (Å²) in [6.07, 6.45) is -0.576. The van der Waals surface area contributed by atoms with Gasteiger partial charge in [0.05, 0.1) is 11.1 Å². The molecular weight excluding hydrogens is 547 g/mol. The Morgan fingerprint density at radius 2 is 1.86 bits per heavy atom. The largest absolute Gasteiger partial charge is 0.416 e. The molecule has 0 atom stereocenters. The highest BCUT2D eigenvalue weighted by atomic mass is 19.4. The Kier molecular flexibility index (Phi) is 8.02. The average Bonchev–Trinajstić information content (AvgIpc) is 3.38. The number of pyridine rings is 2. The molecule has 2 amide bonds. The summed E-state index contributed by atoms with van der Waals surface area (Å²) in [5.41, 5.74) is 1.49. The molecule has 1 aliphatic rings. The maximum Gasteiger partial charge on any atom is 0.416 e. The first-order valence-electron chi connectivity index (χ1n) is 13.6. The van der Waals surface area contributed by atoms with Gasteiger partial charge in [0, 0.05) is 67.6 Å². The number of alkyl halides is 3. The van der Waals surface area contributed by atoms with E-state index in [4.69, 9.17) is 0 Å². The Balaban J connectivity index is 1.35. The van der Waals surface area contributed by atoms with Crippen LogP contribution in [0.3, 0.4) is 0 Å².